The van der Waals surface area contributed by atoms with E-state index in [0.717, 1.165) is 25.1 Å². The molecular weight excluding hydrogens is 296 g/mol. The largest absolute Gasteiger partial charge is 0.480 e. The van der Waals surface area contributed by atoms with Gasteiger partial charge in [-0.1, -0.05) is 6.92 Å². The highest BCUT2D eigenvalue weighted by Crippen LogP contribution is 2.38. The van der Waals surface area contributed by atoms with Gasteiger partial charge in [-0.25, -0.2) is 4.98 Å². The maximum Gasteiger partial charge on any atom is 0.233 e. The average Bonchev–Trinajstić information content (AvgIpc) is 2.98. The maximum atomic E-state index is 5.06. The first kappa shape index (κ1) is 15.4. The lowest BCUT2D eigenvalue weighted by atomic mass is 9.97. The monoisotopic (exact) mass is 318 g/mol. The van der Waals surface area contributed by atoms with Crippen LogP contribution in [-0.4, -0.2) is 34.2 Å². The van der Waals surface area contributed by atoms with Crippen molar-refractivity contribution in [3.8, 4) is 5.88 Å². The molecule has 118 valence electrons. The molecular formula is C16H22N4OS. The van der Waals surface area contributed by atoms with E-state index in [1.165, 1.54) is 28.4 Å². The summed E-state index contributed by atoms with van der Waals surface area (Å²) in [6.07, 6.45) is 4.55. The molecule has 22 heavy (non-hydrogen) atoms. The van der Waals surface area contributed by atoms with E-state index in [2.05, 4.69) is 29.1 Å². The van der Waals surface area contributed by atoms with E-state index < -0.39 is 0 Å². The Morgan fingerprint density at radius 1 is 1.36 bits per heavy atom. The summed E-state index contributed by atoms with van der Waals surface area (Å²) in [5.74, 6) is 0.557. The van der Waals surface area contributed by atoms with Crippen molar-refractivity contribution >= 4 is 11.3 Å². The van der Waals surface area contributed by atoms with Crippen LogP contribution in [0.3, 0.4) is 0 Å². The van der Waals surface area contributed by atoms with Gasteiger partial charge < -0.3 is 4.74 Å². The van der Waals surface area contributed by atoms with Crippen LogP contribution in [0.5, 0.6) is 5.88 Å². The molecule has 3 rings (SSSR count). The lowest BCUT2D eigenvalue weighted by Crippen LogP contribution is -2.27. The second kappa shape index (κ2) is 6.71. The number of aromatic nitrogens is 3. The van der Waals surface area contributed by atoms with Gasteiger partial charge in [0, 0.05) is 23.5 Å². The lowest BCUT2D eigenvalue weighted by Gasteiger charge is -2.30. The van der Waals surface area contributed by atoms with Gasteiger partial charge in [-0.15, -0.1) is 16.4 Å². The fraction of sp³-hybridized carbons (Fsp3) is 0.562. The van der Waals surface area contributed by atoms with Crippen molar-refractivity contribution in [3.63, 3.8) is 0 Å². The first-order valence-corrected chi connectivity index (χ1v) is 8.58. The highest BCUT2D eigenvalue weighted by Gasteiger charge is 2.27. The summed E-state index contributed by atoms with van der Waals surface area (Å²) in [6.45, 7) is 2.97. The average molecular weight is 318 g/mol. The van der Waals surface area contributed by atoms with Crippen LogP contribution in [-0.2, 0) is 19.4 Å². The van der Waals surface area contributed by atoms with Crippen molar-refractivity contribution in [3.05, 3.63) is 33.4 Å². The van der Waals surface area contributed by atoms with Crippen LogP contribution in [0.2, 0.25) is 0 Å². The molecule has 0 bridgehead atoms. The Hall–Kier alpha value is -1.53. The van der Waals surface area contributed by atoms with Gasteiger partial charge in [0.15, 0.2) is 0 Å². The normalized spacial score (nSPS) is 17.5. The molecule has 0 saturated heterocycles. The minimum Gasteiger partial charge on any atom is -0.480 e. The van der Waals surface area contributed by atoms with Gasteiger partial charge >= 0.3 is 0 Å². The lowest BCUT2D eigenvalue weighted by molar-refractivity contribution is 0.213. The minimum absolute atomic E-state index is 0.449. The van der Waals surface area contributed by atoms with Crippen molar-refractivity contribution < 1.29 is 4.74 Å². The highest BCUT2D eigenvalue weighted by atomic mass is 32.1. The molecule has 2 aromatic rings. The van der Waals surface area contributed by atoms with E-state index in [1.54, 1.807) is 7.11 Å². The number of hydrogen-bond donors (Lipinski definition) is 0. The van der Waals surface area contributed by atoms with E-state index >= 15 is 0 Å². The number of hydrogen-bond acceptors (Lipinski definition) is 6. The Kier molecular flexibility index (Phi) is 4.69. The van der Waals surface area contributed by atoms with E-state index in [0.29, 0.717) is 11.9 Å². The highest BCUT2D eigenvalue weighted by molar-refractivity contribution is 7.11. The summed E-state index contributed by atoms with van der Waals surface area (Å²) < 4.78 is 5.06. The van der Waals surface area contributed by atoms with Crippen LogP contribution in [0.25, 0.3) is 0 Å². The third-order valence-electron chi connectivity index (χ3n) is 4.12. The van der Waals surface area contributed by atoms with Crippen molar-refractivity contribution in [2.45, 2.75) is 45.2 Å². The van der Waals surface area contributed by atoms with Crippen molar-refractivity contribution in [1.29, 1.82) is 0 Å². The van der Waals surface area contributed by atoms with Crippen molar-refractivity contribution in [2.75, 3.05) is 14.2 Å². The molecule has 0 fully saturated rings. The predicted molar refractivity (Wildman–Crippen MR) is 87.2 cm³/mol. The maximum absolute atomic E-state index is 5.06. The van der Waals surface area contributed by atoms with Crippen molar-refractivity contribution in [1.82, 2.24) is 20.1 Å². The van der Waals surface area contributed by atoms with E-state index in [-0.39, 0.29) is 0 Å². The quantitative estimate of drug-likeness (QED) is 0.848. The van der Waals surface area contributed by atoms with Gasteiger partial charge in [0.25, 0.3) is 0 Å². The number of thiazole rings is 1. The number of aryl methyl sites for hydroxylation is 2. The minimum atomic E-state index is 0.449. The predicted octanol–water partition coefficient (Wildman–Crippen LogP) is 3.01. The summed E-state index contributed by atoms with van der Waals surface area (Å²) in [6, 6.07) is 4.30. The van der Waals surface area contributed by atoms with Crippen LogP contribution < -0.4 is 4.74 Å². The van der Waals surface area contributed by atoms with E-state index in [1.807, 2.05) is 23.5 Å². The van der Waals surface area contributed by atoms with E-state index in [4.69, 9.17) is 9.72 Å². The molecule has 0 aliphatic heterocycles. The third-order valence-corrected chi connectivity index (χ3v) is 5.46. The first-order chi connectivity index (χ1) is 10.7. The number of ether oxygens (including phenoxy) is 1. The van der Waals surface area contributed by atoms with Crippen LogP contribution in [0.1, 0.15) is 47.1 Å². The van der Waals surface area contributed by atoms with Crippen molar-refractivity contribution in [2.24, 2.45) is 0 Å². The Balaban J connectivity index is 1.75. The zero-order valence-electron chi connectivity index (χ0n) is 13.4. The van der Waals surface area contributed by atoms with Gasteiger partial charge in [-0.2, -0.15) is 5.10 Å². The summed E-state index contributed by atoms with van der Waals surface area (Å²) in [5, 5.41) is 9.54. The molecule has 0 saturated carbocycles. The summed E-state index contributed by atoms with van der Waals surface area (Å²) in [4.78, 5) is 8.60. The second-order valence-corrected chi connectivity index (χ2v) is 6.78. The Labute approximate surface area is 135 Å². The van der Waals surface area contributed by atoms with Crippen LogP contribution in [0, 0.1) is 0 Å². The number of rotatable bonds is 5. The number of methoxy groups -OCH3 is 1. The van der Waals surface area contributed by atoms with Gasteiger partial charge in [0.1, 0.15) is 0 Å². The first-order valence-electron chi connectivity index (χ1n) is 7.76. The van der Waals surface area contributed by atoms with Crippen LogP contribution >= 0.6 is 11.3 Å². The number of fused-ring (bicyclic) bond motifs is 1. The molecule has 1 atom stereocenters. The Morgan fingerprint density at radius 3 is 2.91 bits per heavy atom. The number of nitrogens with zero attached hydrogens (tertiary/aromatic N) is 4. The molecule has 1 unspecified atom stereocenters. The fourth-order valence-corrected chi connectivity index (χ4v) is 4.18. The molecule has 0 amide bonds. The molecule has 0 radical (unpaired) electrons. The molecule has 1 aliphatic carbocycles. The smallest absolute Gasteiger partial charge is 0.233 e. The molecule has 0 N–H and O–H groups in total. The summed E-state index contributed by atoms with van der Waals surface area (Å²) in [5.41, 5.74) is 2.28. The standard InChI is InChI=1S/C16H22N4OS/c1-4-15-17-12-6-5-7-13(16(12)22-15)20(2)10-11-8-9-14(21-3)19-18-11/h8-9,13H,4-7,10H2,1-3H3. The van der Waals surface area contributed by atoms with Gasteiger partial charge in [-0.3, -0.25) is 4.90 Å². The van der Waals surface area contributed by atoms with Gasteiger partial charge in [-0.05, 0) is 38.8 Å². The molecule has 2 heterocycles. The topological polar surface area (TPSA) is 51.1 Å². The second-order valence-electron chi connectivity index (χ2n) is 5.66. The van der Waals surface area contributed by atoms with E-state index in [9.17, 15) is 0 Å². The molecule has 6 heteroatoms. The SMILES string of the molecule is CCc1nc2c(s1)C(N(C)Cc1ccc(OC)nn1)CCC2. The van der Waals surface area contributed by atoms with Crippen LogP contribution in [0.4, 0.5) is 0 Å². The zero-order valence-corrected chi connectivity index (χ0v) is 14.2. The zero-order chi connectivity index (χ0) is 15.5. The Morgan fingerprint density at radius 2 is 2.23 bits per heavy atom. The van der Waals surface area contributed by atoms with Crippen LogP contribution in [0.15, 0.2) is 12.1 Å². The van der Waals surface area contributed by atoms with Gasteiger partial charge in [0.2, 0.25) is 5.88 Å². The Bertz CT molecular complexity index is 626. The molecule has 0 aromatic carbocycles. The molecule has 5 nitrogen and oxygen atoms in total. The summed E-state index contributed by atoms with van der Waals surface area (Å²) >= 11 is 1.88. The van der Waals surface area contributed by atoms with Gasteiger partial charge in [0.05, 0.1) is 23.5 Å². The molecule has 2 aromatic heterocycles. The summed E-state index contributed by atoms with van der Waals surface area (Å²) in [7, 11) is 3.77. The molecule has 1 aliphatic rings. The molecule has 0 spiro atoms. The fourth-order valence-electron chi connectivity index (χ4n) is 2.93. The third kappa shape index (κ3) is 3.13.